The van der Waals surface area contributed by atoms with Crippen molar-refractivity contribution in [2.45, 2.75) is 31.3 Å². The van der Waals surface area contributed by atoms with Crippen molar-refractivity contribution < 1.29 is 13.9 Å². The lowest BCUT2D eigenvalue weighted by atomic mass is 10.2. The van der Waals surface area contributed by atoms with Gasteiger partial charge in [0, 0.05) is 17.0 Å². The molecule has 0 aliphatic heterocycles. The highest BCUT2D eigenvalue weighted by atomic mass is 32.2. The Kier molecular flexibility index (Phi) is 7.13. The van der Waals surface area contributed by atoms with Gasteiger partial charge in [0.15, 0.2) is 0 Å². The van der Waals surface area contributed by atoms with E-state index in [1.54, 1.807) is 18.2 Å². The molecule has 4 nitrogen and oxygen atoms in total. The van der Waals surface area contributed by atoms with Crippen LogP contribution in [-0.2, 0) is 13.1 Å². The van der Waals surface area contributed by atoms with Crippen molar-refractivity contribution in [2.75, 3.05) is 6.61 Å². The number of carbonyl (C=O) groups is 1. The van der Waals surface area contributed by atoms with E-state index in [-0.39, 0.29) is 0 Å². The molecule has 0 radical (unpaired) electrons. The summed E-state index contributed by atoms with van der Waals surface area (Å²) in [5.41, 5.74) is 1.88. The Bertz CT molecular complexity index is 814. The molecule has 0 atom stereocenters. The molecule has 5 heteroatoms. The smallest absolute Gasteiger partial charge is 0.150 e. The van der Waals surface area contributed by atoms with E-state index in [4.69, 9.17) is 9.15 Å². The van der Waals surface area contributed by atoms with Gasteiger partial charge in [-0.2, -0.15) is 0 Å². The average molecular weight is 381 g/mol. The van der Waals surface area contributed by atoms with Crippen LogP contribution < -0.4 is 4.74 Å². The van der Waals surface area contributed by atoms with Crippen LogP contribution in [0.4, 0.5) is 0 Å². The highest BCUT2D eigenvalue weighted by molar-refractivity contribution is 7.97. The van der Waals surface area contributed by atoms with Gasteiger partial charge in [0.25, 0.3) is 0 Å². The Hall–Kier alpha value is -2.50. The molecule has 140 valence electrons. The largest absolute Gasteiger partial charge is 0.494 e. The van der Waals surface area contributed by atoms with E-state index in [0.29, 0.717) is 12.1 Å². The summed E-state index contributed by atoms with van der Waals surface area (Å²) in [6.45, 7) is 4.27. The zero-order chi connectivity index (χ0) is 18.9. The second kappa shape index (κ2) is 10.00. The first-order valence-corrected chi connectivity index (χ1v) is 9.76. The fraction of sp³-hybridized carbons (Fsp3) is 0.227. The Morgan fingerprint density at radius 2 is 1.81 bits per heavy atom. The number of nitrogens with zero attached hydrogens (tertiary/aromatic N) is 1. The molecule has 0 spiro atoms. The van der Waals surface area contributed by atoms with Gasteiger partial charge in [0.05, 0.1) is 19.4 Å². The highest BCUT2D eigenvalue weighted by Crippen LogP contribution is 2.27. The van der Waals surface area contributed by atoms with Crippen molar-refractivity contribution in [3.05, 3.63) is 83.8 Å². The summed E-state index contributed by atoms with van der Waals surface area (Å²) in [7, 11) is 0. The molecule has 1 aromatic heterocycles. The van der Waals surface area contributed by atoms with Crippen LogP contribution in [0.15, 0.2) is 76.2 Å². The maximum absolute atomic E-state index is 10.8. The Labute approximate surface area is 164 Å². The van der Waals surface area contributed by atoms with E-state index in [2.05, 4.69) is 23.4 Å². The molecular weight excluding hydrogens is 358 g/mol. The molecule has 2 aromatic carbocycles. The summed E-state index contributed by atoms with van der Waals surface area (Å²) < 4.78 is 13.4. The van der Waals surface area contributed by atoms with Gasteiger partial charge in [-0.3, -0.25) is 4.79 Å². The van der Waals surface area contributed by atoms with Crippen LogP contribution in [0.5, 0.6) is 5.75 Å². The third kappa shape index (κ3) is 6.01. The van der Waals surface area contributed by atoms with Crippen LogP contribution >= 0.6 is 11.9 Å². The van der Waals surface area contributed by atoms with Gasteiger partial charge in [-0.25, -0.2) is 4.31 Å². The molecule has 1 heterocycles. The summed E-state index contributed by atoms with van der Waals surface area (Å²) >= 11 is 1.65. The van der Waals surface area contributed by atoms with Crippen molar-refractivity contribution in [3.8, 4) is 5.75 Å². The van der Waals surface area contributed by atoms with Crippen LogP contribution in [0.2, 0.25) is 0 Å². The molecular formula is C22H23NO3S. The highest BCUT2D eigenvalue weighted by Gasteiger charge is 2.11. The second-order valence-corrected chi connectivity index (χ2v) is 7.32. The molecule has 3 rings (SSSR count). The lowest BCUT2D eigenvalue weighted by molar-refractivity contribution is 0.112. The third-order valence-corrected chi connectivity index (χ3v) is 4.92. The zero-order valence-corrected chi connectivity index (χ0v) is 16.2. The number of furan rings is 1. The number of carbonyl (C=O) groups excluding carboxylic acids is 1. The molecule has 0 bridgehead atoms. The second-order valence-electron chi connectivity index (χ2n) is 6.15. The van der Waals surface area contributed by atoms with Crippen LogP contribution in [0.25, 0.3) is 0 Å². The quantitative estimate of drug-likeness (QED) is 0.338. The monoisotopic (exact) mass is 381 g/mol. The number of hydrogen-bond acceptors (Lipinski definition) is 5. The average Bonchev–Trinajstić information content (AvgIpc) is 3.21. The minimum atomic E-state index is 0.680. The molecule has 0 aliphatic rings. The van der Waals surface area contributed by atoms with Gasteiger partial charge >= 0.3 is 0 Å². The predicted octanol–water partition coefficient (Wildman–Crippen LogP) is 5.59. The van der Waals surface area contributed by atoms with Gasteiger partial charge in [-0.1, -0.05) is 31.2 Å². The summed E-state index contributed by atoms with van der Waals surface area (Å²) in [4.78, 5) is 11.9. The summed E-state index contributed by atoms with van der Waals surface area (Å²) in [5.74, 6) is 1.81. The molecule has 0 saturated heterocycles. The summed E-state index contributed by atoms with van der Waals surface area (Å²) in [6, 6.07) is 19.7. The molecule has 0 fully saturated rings. The number of rotatable bonds is 10. The fourth-order valence-corrected chi connectivity index (χ4v) is 3.53. The lowest BCUT2D eigenvalue weighted by Gasteiger charge is -2.20. The Morgan fingerprint density at radius 3 is 2.44 bits per heavy atom. The third-order valence-electron chi connectivity index (χ3n) is 3.92. The first-order chi connectivity index (χ1) is 13.3. The van der Waals surface area contributed by atoms with E-state index in [0.717, 1.165) is 42.3 Å². The first-order valence-electron chi connectivity index (χ1n) is 8.99. The topological polar surface area (TPSA) is 42.7 Å². The van der Waals surface area contributed by atoms with Crippen molar-refractivity contribution in [1.82, 2.24) is 4.31 Å². The number of aldehydes is 1. The Balaban J connectivity index is 1.69. The van der Waals surface area contributed by atoms with Crippen LogP contribution in [0, 0.1) is 0 Å². The van der Waals surface area contributed by atoms with Gasteiger partial charge < -0.3 is 9.15 Å². The van der Waals surface area contributed by atoms with Gasteiger partial charge in [-0.05, 0) is 60.3 Å². The number of benzene rings is 2. The minimum Gasteiger partial charge on any atom is -0.494 e. The molecule has 0 saturated carbocycles. The van der Waals surface area contributed by atoms with E-state index < -0.39 is 0 Å². The van der Waals surface area contributed by atoms with Crippen LogP contribution in [-0.4, -0.2) is 17.2 Å². The maximum Gasteiger partial charge on any atom is 0.150 e. The van der Waals surface area contributed by atoms with E-state index in [1.807, 2.05) is 48.5 Å². The van der Waals surface area contributed by atoms with E-state index in [9.17, 15) is 4.79 Å². The Morgan fingerprint density at radius 1 is 1.04 bits per heavy atom. The van der Waals surface area contributed by atoms with Gasteiger partial charge in [-0.15, -0.1) is 0 Å². The maximum atomic E-state index is 10.8. The van der Waals surface area contributed by atoms with Crippen LogP contribution in [0.3, 0.4) is 0 Å². The number of hydrogen-bond donors (Lipinski definition) is 0. The fourth-order valence-electron chi connectivity index (χ4n) is 2.57. The summed E-state index contributed by atoms with van der Waals surface area (Å²) in [5, 5.41) is 0. The lowest BCUT2D eigenvalue weighted by Crippen LogP contribution is -2.14. The van der Waals surface area contributed by atoms with Crippen molar-refractivity contribution in [1.29, 1.82) is 0 Å². The SMILES string of the molecule is CCCOc1ccc(CN(Cc2ccco2)Sc2ccc(C=O)cc2)cc1. The number of ether oxygens (including phenoxy) is 1. The molecule has 0 unspecified atom stereocenters. The first kappa shape index (κ1) is 19.3. The zero-order valence-electron chi connectivity index (χ0n) is 15.3. The molecule has 27 heavy (non-hydrogen) atoms. The minimum absolute atomic E-state index is 0.680. The van der Waals surface area contributed by atoms with Crippen molar-refractivity contribution >= 4 is 18.2 Å². The molecule has 0 N–H and O–H groups in total. The molecule has 3 aromatic rings. The predicted molar refractivity (Wildman–Crippen MR) is 108 cm³/mol. The molecule has 0 amide bonds. The van der Waals surface area contributed by atoms with E-state index >= 15 is 0 Å². The van der Waals surface area contributed by atoms with Crippen molar-refractivity contribution in [2.24, 2.45) is 0 Å². The van der Waals surface area contributed by atoms with E-state index in [1.165, 1.54) is 5.56 Å². The van der Waals surface area contributed by atoms with Gasteiger partial charge in [0.2, 0.25) is 0 Å². The molecule has 0 aliphatic carbocycles. The summed E-state index contributed by atoms with van der Waals surface area (Å²) in [6.07, 6.45) is 3.55. The van der Waals surface area contributed by atoms with Crippen molar-refractivity contribution in [3.63, 3.8) is 0 Å². The van der Waals surface area contributed by atoms with Crippen LogP contribution in [0.1, 0.15) is 35.0 Å². The van der Waals surface area contributed by atoms with Gasteiger partial charge in [0.1, 0.15) is 17.8 Å². The normalized spacial score (nSPS) is 10.9. The standard InChI is InChI=1S/C22H23NO3S/c1-2-13-25-20-9-5-18(6-10-20)15-23(16-21-4-3-14-26-21)27-22-11-7-19(17-24)8-12-22/h3-12,14,17H,2,13,15-16H2,1H3.